The number of amides is 2. The van der Waals surface area contributed by atoms with E-state index < -0.39 is 11.8 Å². The minimum atomic E-state index is -0.686. The van der Waals surface area contributed by atoms with Crippen molar-refractivity contribution in [1.82, 2.24) is 5.32 Å². The fourth-order valence-corrected chi connectivity index (χ4v) is 1.54. The van der Waals surface area contributed by atoms with E-state index in [1.165, 1.54) is 0 Å². The van der Waals surface area contributed by atoms with Gasteiger partial charge >= 0.3 is 11.8 Å². The standard InChI is InChI=1S/C15H22N2O4/c1-3-10-21-13-7-5-12(6-8-13)17-15(19)14(18)16-9-4-11-20-2/h5-8H,3-4,9-11H2,1-2H3,(H,16,18)(H,17,19). The lowest BCUT2D eigenvalue weighted by Crippen LogP contribution is -2.36. The van der Waals surface area contributed by atoms with E-state index in [0.29, 0.717) is 31.9 Å². The highest BCUT2D eigenvalue weighted by molar-refractivity contribution is 6.39. The molecule has 0 fully saturated rings. The molecule has 0 saturated carbocycles. The molecule has 0 aromatic heterocycles. The maximum Gasteiger partial charge on any atom is 0.313 e. The molecule has 21 heavy (non-hydrogen) atoms. The summed E-state index contributed by atoms with van der Waals surface area (Å²) in [7, 11) is 1.59. The van der Waals surface area contributed by atoms with Gasteiger partial charge in [0.2, 0.25) is 0 Å². The molecule has 2 N–H and O–H groups in total. The van der Waals surface area contributed by atoms with Crippen molar-refractivity contribution < 1.29 is 19.1 Å². The van der Waals surface area contributed by atoms with E-state index in [2.05, 4.69) is 10.6 Å². The van der Waals surface area contributed by atoms with Crippen LogP contribution in [0.3, 0.4) is 0 Å². The van der Waals surface area contributed by atoms with Crippen molar-refractivity contribution in [2.45, 2.75) is 19.8 Å². The smallest absolute Gasteiger partial charge is 0.313 e. The van der Waals surface area contributed by atoms with Crippen LogP contribution in [0.2, 0.25) is 0 Å². The van der Waals surface area contributed by atoms with Crippen molar-refractivity contribution in [2.75, 3.05) is 32.2 Å². The van der Waals surface area contributed by atoms with Gasteiger partial charge < -0.3 is 20.1 Å². The Hall–Kier alpha value is -2.08. The number of carbonyl (C=O) groups excluding carboxylic acids is 2. The number of hydrogen-bond acceptors (Lipinski definition) is 4. The van der Waals surface area contributed by atoms with Gasteiger partial charge in [0.05, 0.1) is 6.61 Å². The van der Waals surface area contributed by atoms with Crippen LogP contribution in [0.25, 0.3) is 0 Å². The fraction of sp³-hybridized carbons (Fsp3) is 0.467. The lowest BCUT2D eigenvalue weighted by atomic mass is 10.3. The average molecular weight is 294 g/mol. The second kappa shape index (κ2) is 9.77. The number of ether oxygens (including phenoxy) is 2. The average Bonchev–Trinajstić information content (AvgIpc) is 2.50. The van der Waals surface area contributed by atoms with E-state index >= 15 is 0 Å². The zero-order chi connectivity index (χ0) is 15.5. The molecular formula is C15H22N2O4. The first-order chi connectivity index (χ1) is 10.2. The van der Waals surface area contributed by atoms with Gasteiger partial charge in [-0.25, -0.2) is 0 Å². The third kappa shape index (κ3) is 6.76. The number of benzene rings is 1. The summed E-state index contributed by atoms with van der Waals surface area (Å²) in [6.45, 7) is 3.63. The Kier molecular flexibility index (Phi) is 7.89. The van der Waals surface area contributed by atoms with Crippen molar-refractivity contribution in [1.29, 1.82) is 0 Å². The molecule has 2 amide bonds. The van der Waals surface area contributed by atoms with Gasteiger partial charge in [-0.3, -0.25) is 9.59 Å². The number of rotatable bonds is 8. The Morgan fingerprint density at radius 1 is 1.10 bits per heavy atom. The Bertz CT molecular complexity index is 445. The zero-order valence-corrected chi connectivity index (χ0v) is 12.5. The number of hydrogen-bond donors (Lipinski definition) is 2. The fourth-order valence-electron chi connectivity index (χ4n) is 1.54. The molecule has 0 aliphatic carbocycles. The molecule has 6 heteroatoms. The Labute approximate surface area is 124 Å². The monoisotopic (exact) mass is 294 g/mol. The van der Waals surface area contributed by atoms with Gasteiger partial charge in [0.25, 0.3) is 0 Å². The predicted molar refractivity (Wildman–Crippen MR) is 80.4 cm³/mol. The van der Waals surface area contributed by atoms with Gasteiger partial charge in [-0.1, -0.05) is 6.92 Å². The van der Waals surface area contributed by atoms with Crippen molar-refractivity contribution >= 4 is 17.5 Å². The van der Waals surface area contributed by atoms with E-state index in [0.717, 1.165) is 12.2 Å². The van der Waals surface area contributed by atoms with Crippen LogP contribution < -0.4 is 15.4 Å². The minimum absolute atomic E-state index is 0.407. The molecule has 0 spiro atoms. The molecule has 1 rings (SSSR count). The Morgan fingerprint density at radius 2 is 1.81 bits per heavy atom. The summed E-state index contributed by atoms with van der Waals surface area (Å²) >= 11 is 0. The van der Waals surface area contributed by atoms with Gasteiger partial charge in [0.15, 0.2) is 0 Å². The molecule has 116 valence electrons. The number of methoxy groups -OCH3 is 1. The summed E-state index contributed by atoms with van der Waals surface area (Å²) in [6, 6.07) is 6.89. The largest absolute Gasteiger partial charge is 0.494 e. The molecule has 0 radical (unpaired) electrons. The topological polar surface area (TPSA) is 76.7 Å². The van der Waals surface area contributed by atoms with Crippen molar-refractivity contribution in [2.24, 2.45) is 0 Å². The van der Waals surface area contributed by atoms with E-state index in [1.807, 2.05) is 6.92 Å². The molecule has 0 heterocycles. The second-order valence-electron chi connectivity index (χ2n) is 4.43. The van der Waals surface area contributed by atoms with E-state index in [1.54, 1.807) is 31.4 Å². The molecule has 6 nitrogen and oxygen atoms in total. The first-order valence-electron chi connectivity index (χ1n) is 6.98. The first-order valence-corrected chi connectivity index (χ1v) is 6.98. The molecule has 0 atom stereocenters. The van der Waals surface area contributed by atoms with Crippen molar-refractivity contribution in [3.63, 3.8) is 0 Å². The van der Waals surface area contributed by atoms with Crippen molar-refractivity contribution in [3.8, 4) is 5.75 Å². The van der Waals surface area contributed by atoms with Gasteiger partial charge in [-0.2, -0.15) is 0 Å². The molecule has 0 aliphatic rings. The van der Waals surface area contributed by atoms with Crippen LogP contribution in [0.4, 0.5) is 5.69 Å². The second-order valence-corrected chi connectivity index (χ2v) is 4.43. The molecule has 0 bridgehead atoms. The van der Waals surface area contributed by atoms with E-state index in [-0.39, 0.29) is 0 Å². The van der Waals surface area contributed by atoms with Crippen LogP contribution in [0, 0.1) is 0 Å². The number of nitrogens with one attached hydrogen (secondary N) is 2. The van der Waals surface area contributed by atoms with Gasteiger partial charge in [-0.05, 0) is 37.1 Å². The molecular weight excluding hydrogens is 272 g/mol. The zero-order valence-electron chi connectivity index (χ0n) is 12.5. The third-order valence-corrected chi connectivity index (χ3v) is 2.60. The summed E-state index contributed by atoms with van der Waals surface area (Å²) < 4.78 is 10.3. The highest BCUT2D eigenvalue weighted by atomic mass is 16.5. The van der Waals surface area contributed by atoms with Crippen molar-refractivity contribution in [3.05, 3.63) is 24.3 Å². The highest BCUT2D eigenvalue weighted by Crippen LogP contribution is 2.15. The van der Waals surface area contributed by atoms with Crippen LogP contribution in [0.5, 0.6) is 5.75 Å². The van der Waals surface area contributed by atoms with Crippen LogP contribution in [-0.4, -0.2) is 38.7 Å². The SMILES string of the molecule is CCCOc1ccc(NC(=O)C(=O)NCCCOC)cc1. The van der Waals surface area contributed by atoms with Gasteiger partial charge in [0, 0.05) is 25.9 Å². The normalized spacial score (nSPS) is 10.0. The van der Waals surface area contributed by atoms with Crippen LogP contribution in [0.1, 0.15) is 19.8 Å². The quantitative estimate of drug-likeness (QED) is 0.563. The maximum absolute atomic E-state index is 11.6. The summed E-state index contributed by atoms with van der Waals surface area (Å²) in [5.74, 6) is -0.606. The Balaban J connectivity index is 2.37. The predicted octanol–water partition coefficient (Wildman–Crippen LogP) is 1.57. The van der Waals surface area contributed by atoms with Gasteiger partial charge in [0.1, 0.15) is 5.75 Å². The molecule has 1 aromatic carbocycles. The minimum Gasteiger partial charge on any atom is -0.494 e. The highest BCUT2D eigenvalue weighted by Gasteiger charge is 2.12. The van der Waals surface area contributed by atoms with Crippen LogP contribution >= 0.6 is 0 Å². The summed E-state index contributed by atoms with van der Waals surface area (Å²) in [4.78, 5) is 23.2. The lowest BCUT2D eigenvalue weighted by molar-refractivity contribution is -0.136. The first kappa shape index (κ1) is 17.0. The van der Waals surface area contributed by atoms with Gasteiger partial charge in [-0.15, -0.1) is 0 Å². The molecule has 1 aromatic rings. The Morgan fingerprint density at radius 3 is 2.43 bits per heavy atom. The van der Waals surface area contributed by atoms with E-state index in [9.17, 15) is 9.59 Å². The van der Waals surface area contributed by atoms with E-state index in [4.69, 9.17) is 9.47 Å². The summed E-state index contributed by atoms with van der Waals surface area (Å²) in [5.41, 5.74) is 0.552. The molecule has 0 saturated heterocycles. The maximum atomic E-state index is 11.6. The summed E-state index contributed by atoms with van der Waals surface area (Å²) in [6.07, 6.45) is 1.60. The number of carbonyl (C=O) groups is 2. The molecule has 0 unspecified atom stereocenters. The third-order valence-electron chi connectivity index (χ3n) is 2.60. The molecule has 0 aliphatic heterocycles. The number of anilines is 1. The summed E-state index contributed by atoms with van der Waals surface area (Å²) in [5, 5.41) is 5.05. The van der Waals surface area contributed by atoms with Crippen LogP contribution in [0.15, 0.2) is 24.3 Å². The lowest BCUT2D eigenvalue weighted by Gasteiger charge is -2.08. The van der Waals surface area contributed by atoms with Crippen LogP contribution in [-0.2, 0) is 14.3 Å².